The highest BCUT2D eigenvalue weighted by molar-refractivity contribution is 8.18. The molecule has 1 heterocycles. The maximum absolute atomic E-state index is 12.6. The average molecular weight is 529 g/mol. The van der Waals surface area contributed by atoms with E-state index >= 15 is 0 Å². The van der Waals surface area contributed by atoms with Crippen LogP contribution in [0.1, 0.15) is 23.6 Å². The summed E-state index contributed by atoms with van der Waals surface area (Å²) < 4.78 is 12.0. The number of fused-ring (bicyclic) bond motifs is 1. The van der Waals surface area contributed by atoms with Crippen molar-refractivity contribution < 1.29 is 14.3 Å². The van der Waals surface area contributed by atoms with Gasteiger partial charge in [0.25, 0.3) is 5.91 Å². The van der Waals surface area contributed by atoms with Crippen LogP contribution in [0.25, 0.3) is 16.8 Å². The van der Waals surface area contributed by atoms with Gasteiger partial charge in [0.2, 0.25) is 0 Å². The largest absolute Gasteiger partial charge is 0.490 e. The molecule has 4 aromatic carbocycles. The summed E-state index contributed by atoms with van der Waals surface area (Å²) in [6.45, 7) is 4.75. The van der Waals surface area contributed by atoms with Gasteiger partial charge < -0.3 is 14.8 Å². The first kappa shape index (κ1) is 24.9. The molecule has 1 aliphatic heterocycles. The van der Waals surface area contributed by atoms with Crippen molar-refractivity contribution >= 4 is 57.0 Å². The van der Waals surface area contributed by atoms with E-state index in [-0.39, 0.29) is 5.91 Å². The summed E-state index contributed by atoms with van der Waals surface area (Å²) in [5.41, 5.74) is 3.50. The van der Waals surface area contributed by atoms with E-state index in [0.717, 1.165) is 22.4 Å². The zero-order valence-electron chi connectivity index (χ0n) is 20.5. The summed E-state index contributed by atoms with van der Waals surface area (Å²) in [6.07, 6.45) is 1.82. The first-order chi connectivity index (χ1) is 18.0. The molecule has 0 radical (unpaired) electrons. The van der Waals surface area contributed by atoms with Gasteiger partial charge in [-0.2, -0.15) is 0 Å². The van der Waals surface area contributed by atoms with E-state index in [1.807, 2.05) is 68.5 Å². The molecule has 0 bridgehead atoms. The molecule has 1 aliphatic rings. The number of amides is 1. The molecule has 0 unspecified atom stereocenters. The third-order valence-corrected chi connectivity index (χ3v) is 7.20. The summed E-state index contributed by atoms with van der Waals surface area (Å²) in [4.78, 5) is 17.7. The molecule has 0 spiro atoms. The van der Waals surface area contributed by atoms with Crippen LogP contribution in [-0.4, -0.2) is 17.7 Å². The van der Waals surface area contributed by atoms with Crippen molar-refractivity contribution in [3.8, 4) is 11.5 Å². The molecule has 1 amide bonds. The second-order valence-corrected chi connectivity index (χ2v) is 9.91. The normalized spacial score (nSPS) is 15.4. The maximum atomic E-state index is 12.6. The first-order valence-electron chi connectivity index (χ1n) is 11.9. The lowest BCUT2D eigenvalue weighted by atomic mass is 10.1. The van der Waals surface area contributed by atoms with Gasteiger partial charge in [-0.15, -0.1) is 0 Å². The van der Waals surface area contributed by atoms with Gasteiger partial charge in [-0.05, 0) is 89.5 Å². The monoisotopic (exact) mass is 528 g/mol. The first-order valence-corrected chi connectivity index (χ1v) is 13.1. The molecule has 0 atom stereocenters. The highest BCUT2D eigenvalue weighted by atomic mass is 35.5. The number of nitrogens with zero attached hydrogens (tertiary/aromatic N) is 1. The fraction of sp³-hybridized carbons (Fsp3) is 0.133. The third kappa shape index (κ3) is 5.82. The fourth-order valence-electron chi connectivity index (χ4n) is 3.95. The van der Waals surface area contributed by atoms with Crippen molar-refractivity contribution in [2.45, 2.75) is 20.5 Å². The number of rotatable bonds is 7. The van der Waals surface area contributed by atoms with Gasteiger partial charge in [0.1, 0.15) is 6.61 Å². The van der Waals surface area contributed by atoms with Crippen LogP contribution < -0.4 is 14.8 Å². The second-order valence-electron chi connectivity index (χ2n) is 8.48. The van der Waals surface area contributed by atoms with E-state index in [1.54, 1.807) is 0 Å². The Morgan fingerprint density at radius 2 is 1.78 bits per heavy atom. The van der Waals surface area contributed by atoms with E-state index < -0.39 is 0 Å². The number of hydrogen-bond donors (Lipinski definition) is 1. The van der Waals surface area contributed by atoms with Gasteiger partial charge in [0.15, 0.2) is 16.7 Å². The van der Waals surface area contributed by atoms with Crippen LogP contribution in [0.2, 0.25) is 5.02 Å². The molecular weight excluding hydrogens is 504 g/mol. The van der Waals surface area contributed by atoms with Crippen molar-refractivity contribution in [1.82, 2.24) is 5.32 Å². The fourth-order valence-corrected chi connectivity index (χ4v) is 4.95. The van der Waals surface area contributed by atoms with Crippen LogP contribution in [0, 0.1) is 6.92 Å². The number of halogens is 1. The Balaban J connectivity index is 1.33. The molecule has 1 N–H and O–H groups in total. The Bertz CT molecular complexity index is 1550. The number of hydrogen-bond acceptors (Lipinski definition) is 5. The number of ether oxygens (including phenoxy) is 2. The second kappa shape index (κ2) is 11.1. The van der Waals surface area contributed by atoms with Crippen molar-refractivity contribution in [1.29, 1.82) is 0 Å². The molecule has 5 nitrogen and oxygen atoms in total. The minimum absolute atomic E-state index is 0.196. The average Bonchev–Trinajstić information content (AvgIpc) is 3.24. The lowest BCUT2D eigenvalue weighted by Crippen LogP contribution is -2.19. The van der Waals surface area contributed by atoms with Crippen molar-refractivity contribution in [2.75, 3.05) is 6.61 Å². The third-order valence-electron chi connectivity index (χ3n) is 5.89. The van der Waals surface area contributed by atoms with E-state index in [1.165, 1.54) is 22.5 Å². The van der Waals surface area contributed by atoms with Crippen LogP contribution in [0.5, 0.6) is 11.5 Å². The standard InChI is InChI=1S/C30H25ClN2O3S/c1-3-35-27-16-20(12-14-26(27)36-18-21-11-13-22-7-4-5-8-23(22)15-21)17-28-29(34)33-30(37-28)32-25-10-6-9-24(31)19(25)2/h4-17H,3,18H2,1-2H3,(H,32,33,34)/b28-17+. The Morgan fingerprint density at radius 1 is 0.946 bits per heavy atom. The minimum Gasteiger partial charge on any atom is -0.490 e. The molecule has 1 fully saturated rings. The van der Waals surface area contributed by atoms with Gasteiger partial charge in [-0.1, -0.05) is 60.1 Å². The van der Waals surface area contributed by atoms with E-state index in [4.69, 9.17) is 21.1 Å². The molecule has 0 aliphatic carbocycles. The highest BCUT2D eigenvalue weighted by Crippen LogP contribution is 2.34. The van der Waals surface area contributed by atoms with Crippen molar-refractivity contribution in [3.05, 3.63) is 105 Å². The minimum atomic E-state index is -0.196. The lowest BCUT2D eigenvalue weighted by Gasteiger charge is -2.13. The molecule has 186 valence electrons. The van der Waals surface area contributed by atoms with Crippen LogP contribution in [0.3, 0.4) is 0 Å². The van der Waals surface area contributed by atoms with Gasteiger partial charge in [-0.3, -0.25) is 4.79 Å². The van der Waals surface area contributed by atoms with Crippen molar-refractivity contribution in [2.24, 2.45) is 4.99 Å². The van der Waals surface area contributed by atoms with E-state index in [2.05, 4.69) is 40.6 Å². The predicted octanol–water partition coefficient (Wildman–Crippen LogP) is 7.67. The summed E-state index contributed by atoms with van der Waals surface area (Å²) in [6, 6.07) is 25.8. The van der Waals surface area contributed by atoms with Gasteiger partial charge in [0.05, 0.1) is 17.2 Å². The van der Waals surface area contributed by atoms with Gasteiger partial charge in [-0.25, -0.2) is 4.99 Å². The number of carbonyl (C=O) groups excluding carboxylic acids is 1. The zero-order valence-corrected chi connectivity index (χ0v) is 22.0. The smallest absolute Gasteiger partial charge is 0.264 e. The highest BCUT2D eigenvalue weighted by Gasteiger charge is 2.24. The van der Waals surface area contributed by atoms with Crippen LogP contribution in [0.4, 0.5) is 5.69 Å². The van der Waals surface area contributed by atoms with E-state index in [9.17, 15) is 4.79 Å². The van der Waals surface area contributed by atoms with Gasteiger partial charge in [0, 0.05) is 5.02 Å². The molecule has 1 saturated heterocycles. The molecule has 7 heteroatoms. The van der Waals surface area contributed by atoms with E-state index in [0.29, 0.717) is 39.8 Å². The molecule has 4 aromatic rings. The van der Waals surface area contributed by atoms with Gasteiger partial charge >= 0.3 is 0 Å². The molecule has 37 heavy (non-hydrogen) atoms. The Labute approximate surface area is 225 Å². The topological polar surface area (TPSA) is 59.9 Å². The molecular formula is C30H25ClN2O3S. The number of thioether (sulfide) groups is 1. The van der Waals surface area contributed by atoms with Crippen molar-refractivity contribution in [3.63, 3.8) is 0 Å². The van der Waals surface area contributed by atoms with Crippen LogP contribution >= 0.6 is 23.4 Å². The molecule has 5 rings (SSSR count). The summed E-state index contributed by atoms with van der Waals surface area (Å²) in [5.74, 6) is 1.09. The quantitative estimate of drug-likeness (QED) is 0.250. The predicted molar refractivity (Wildman–Crippen MR) is 153 cm³/mol. The zero-order chi connectivity index (χ0) is 25.8. The number of aliphatic imine (C=N–C) groups is 1. The lowest BCUT2D eigenvalue weighted by molar-refractivity contribution is -0.115. The Hall–Kier alpha value is -3.74. The van der Waals surface area contributed by atoms with Crippen LogP contribution in [0.15, 0.2) is 88.8 Å². The molecule has 0 saturated carbocycles. The summed E-state index contributed by atoms with van der Waals surface area (Å²) in [7, 11) is 0. The number of nitrogens with one attached hydrogen (secondary N) is 1. The summed E-state index contributed by atoms with van der Waals surface area (Å²) in [5, 5.41) is 6.36. The Morgan fingerprint density at radius 3 is 2.62 bits per heavy atom. The molecule has 0 aromatic heterocycles. The number of benzene rings is 4. The number of amidine groups is 1. The Kier molecular flexibility index (Phi) is 7.49. The SMILES string of the molecule is CCOc1cc(/C=C2/SC(=Nc3cccc(Cl)c3C)NC2=O)ccc1OCc1ccc2ccccc2c1. The van der Waals surface area contributed by atoms with Crippen LogP contribution in [-0.2, 0) is 11.4 Å². The maximum Gasteiger partial charge on any atom is 0.264 e. The summed E-state index contributed by atoms with van der Waals surface area (Å²) >= 11 is 7.49. The number of carbonyl (C=O) groups is 1.